The molecule has 0 heterocycles. The highest BCUT2D eigenvalue weighted by atomic mass is 32.1. The zero-order valence-corrected chi connectivity index (χ0v) is 19.0. The van der Waals surface area contributed by atoms with Gasteiger partial charge in [0, 0.05) is 12.0 Å². The van der Waals surface area contributed by atoms with Crippen molar-refractivity contribution in [3.05, 3.63) is 95.6 Å². The Kier molecular flexibility index (Phi) is 8.79. The predicted molar refractivity (Wildman–Crippen MR) is 130 cm³/mol. The van der Waals surface area contributed by atoms with Crippen LogP contribution < -0.4 is 25.6 Å². The molecule has 0 bridgehead atoms. The molecule has 0 aromatic heterocycles. The van der Waals surface area contributed by atoms with Gasteiger partial charge in [-0.05, 0) is 60.6 Å². The third kappa shape index (κ3) is 7.93. The number of hydrazine groups is 1. The summed E-state index contributed by atoms with van der Waals surface area (Å²) < 4.78 is 11.2. The van der Waals surface area contributed by atoms with Crippen LogP contribution in [0.2, 0.25) is 0 Å². The summed E-state index contributed by atoms with van der Waals surface area (Å²) in [5.41, 5.74) is 7.40. The fourth-order valence-electron chi connectivity index (χ4n) is 2.86. The Morgan fingerprint density at radius 2 is 1.55 bits per heavy atom. The first-order valence-electron chi connectivity index (χ1n) is 10.4. The second-order valence-corrected chi connectivity index (χ2v) is 7.53. The topological polar surface area (TPSA) is 88.7 Å². The van der Waals surface area contributed by atoms with E-state index in [-0.39, 0.29) is 11.7 Å². The van der Waals surface area contributed by atoms with Crippen LogP contribution in [-0.2, 0) is 11.2 Å². The number of carbonyl (C=O) groups is 2. The van der Waals surface area contributed by atoms with Crippen molar-refractivity contribution in [3.63, 3.8) is 0 Å². The van der Waals surface area contributed by atoms with Crippen LogP contribution >= 0.6 is 12.2 Å². The van der Waals surface area contributed by atoms with Crippen molar-refractivity contribution < 1.29 is 19.1 Å². The Labute approximate surface area is 198 Å². The van der Waals surface area contributed by atoms with E-state index in [9.17, 15) is 9.59 Å². The molecule has 2 amide bonds. The molecule has 0 radical (unpaired) electrons. The van der Waals surface area contributed by atoms with Gasteiger partial charge in [0.15, 0.2) is 11.7 Å². The van der Waals surface area contributed by atoms with Gasteiger partial charge < -0.3 is 9.47 Å². The van der Waals surface area contributed by atoms with Crippen LogP contribution in [0, 0.1) is 6.92 Å². The van der Waals surface area contributed by atoms with Gasteiger partial charge in [-0.2, -0.15) is 0 Å². The number of para-hydroxylation sites is 1. The van der Waals surface area contributed by atoms with E-state index in [2.05, 4.69) is 16.2 Å². The van der Waals surface area contributed by atoms with Gasteiger partial charge in [0.25, 0.3) is 11.8 Å². The molecular weight excluding hydrogens is 438 g/mol. The van der Waals surface area contributed by atoms with Crippen molar-refractivity contribution in [2.45, 2.75) is 13.3 Å². The summed E-state index contributed by atoms with van der Waals surface area (Å²) in [7, 11) is 0. The van der Waals surface area contributed by atoms with Gasteiger partial charge >= 0.3 is 0 Å². The lowest BCUT2D eigenvalue weighted by atomic mass is 10.2. The number of benzene rings is 3. The Hall–Kier alpha value is -3.91. The lowest BCUT2D eigenvalue weighted by Gasteiger charge is -2.12. The first kappa shape index (κ1) is 23.7. The van der Waals surface area contributed by atoms with E-state index in [1.54, 1.807) is 30.3 Å². The number of nitrogens with one attached hydrogen (secondary N) is 3. The molecule has 0 saturated heterocycles. The highest BCUT2D eigenvalue weighted by Gasteiger charge is 2.10. The SMILES string of the molecule is Cc1ccccc1OCC(=O)NNC(=S)NC(=O)c1ccc(OCCc2ccccc2)cc1. The van der Waals surface area contributed by atoms with Crippen molar-refractivity contribution in [3.8, 4) is 11.5 Å². The number of rotatable bonds is 8. The molecule has 3 rings (SSSR count). The quantitative estimate of drug-likeness (QED) is 0.351. The standard InChI is InChI=1S/C25H25N3O4S/c1-18-7-5-6-10-22(18)32-17-23(29)27-28-25(33)26-24(30)20-11-13-21(14-12-20)31-16-15-19-8-3-2-4-9-19/h2-14H,15-17H2,1H3,(H,27,29)(H2,26,28,30,33). The zero-order valence-electron chi connectivity index (χ0n) is 18.2. The molecule has 0 spiro atoms. The second-order valence-electron chi connectivity index (χ2n) is 7.12. The predicted octanol–water partition coefficient (Wildman–Crippen LogP) is 3.33. The molecule has 0 aliphatic rings. The molecule has 8 heteroatoms. The Morgan fingerprint density at radius 3 is 2.27 bits per heavy atom. The van der Waals surface area contributed by atoms with Crippen molar-refractivity contribution in [2.24, 2.45) is 0 Å². The number of hydrogen-bond acceptors (Lipinski definition) is 5. The highest BCUT2D eigenvalue weighted by Crippen LogP contribution is 2.15. The number of ether oxygens (including phenoxy) is 2. The third-order valence-electron chi connectivity index (χ3n) is 4.61. The monoisotopic (exact) mass is 463 g/mol. The summed E-state index contributed by atoms with van der Waals surface area (Å²) in [4.78, 5) is 24.3. The number of carbonyl (C=O) groups excluding carboxylic acids is 2. The first-order chi connectivity index (χ1) is 16.0. The molecule has 3 aromatic rings. The molecular formula is C25H25N3O4S. The fraction of sp³-hybridized carbons (Fsp3) is 0.160. The molecule has 3 aromatic carbocycles. The van der Waals surface area contributed by atoms with Crippen LogP contribution in [0.4, 0.5) is 0 Å². The van der Waals surface area contributed by atoms with Gasteiger partial charge in [0.1, 0.15) is 11.5 Å². The van der Waals surface area contributed by atoms with Crippen LogP contribution in [0.25, 0.3) is 0 Å². The van der Waals surface area contributed by atoms with Gasteiger partial charge in [0.05, 0.1) is 6.61 Å². The number of amides is 2. The number of thiocarbonyl (C=S) groups is 1. The van der Waals surface area contributed by atoms with E-state index in [0.717, 1.165) is 12.0 Å². The maximum absolute atomic E-state index is 12.3. The summed E-state index contributed by atoms with van der Waals surface area (Å²) in [6.07, 6.45) is 0.796. The molecule has 0 unspecified atom stereocenters. The summed E-state index contributed by atoms with van der Waals surface area (Å²) in [6, 6.07) is 24.2. The maximum Gasteiger partial charge on any atom is 0.276 e. The van der Waals surface area contributed by atoms with Crippen LogP contribution in [0.15, 0.2) is 78.9 Å². The number of hydrogen-bond donors (Lipinski definition) is 3. The fourth-order valence-corrected chi connectivity index (χ4v) is 3.01. The average Bonchev–Trinajstić information content (AvgIpc) is 2.83. The van der Waals surface area contributed by atoms with E-state index in [1.165, 1.54) is 5.56 Å². The number of aryl methyl sites for hydroxylation is 1. The van der Waals surface area contributed by atoms with Gasteiger partial charge in [-0.1, -0.05) is 48.5 Å². The normalized spacial score (nSPS) is 10.1. The largest absolute Gasteiger partial charge is 0.493 e. The second kappa shape index (κ2) is 12.2. The Bertz CT molecular complexity index is 1090. The first-order valence-corrected chi connectivity index (χ1v) is 10.8. The lowest BCUT2D eigenvalue weighted by molar-refractivity contribution is -0.123. The molecule has 33 heavy (non-hydrogen) atoms. The Morgan fingerprint density at radius 1 is 0.848 bits per heavy atom. The van der Waals surface area contributed by atoms with Crippen molar-refractivity contribution in [2.75, 3.05) is 13.2 Å². The van der Waals surface area contributed by atoms with Gasteiger partial charge in [-0.15, -0.1) is 0 Å². The lowest BCUT2D eigenvalue weighted by Crippen LogP contribution is -2.49. The molecule has 0 aliphatic heterocycles. The van der Waals surface area contributed by atoms with Crippen molar-refractivity contribution in [1.82, 2.24) is 16.2 Å². The zero-order chi connectivity index (χ0) is 23.5. The van der Waals surface area contributed by atoms with Crippen LogP contribution in [0.5, 0.6) is 11.5 Å². The Balaban J connectivity index is 1.36. The van der Waals surface area contributed by atoms with Crippen LogP contribution in [0.1, 0.15) is 21.5 Å². The third-order valence-corrected chi connectivity index (χ3v) is 4.82. The summed E-state index contributed by atoms with van der Waals surface area (Å²) in [6.45, 7) is 2.23. The smallest absolute Gasteiger partial charge is 0.276 e. The van der Waals surface area contributed by atoms with Gasteiger partial charge in [-0.25, -0.2) is 0 Å². The maximum atomic E-state index is 12.3. The summed E-state index contributed by atoms with van der Waals surface area (Å²) >= 11 is 5.05. The molecule has 0 atom stereocenters. The minimum Gasteiger partial charge on any atom is -0.493 e. The van der Waals surface area contributed by atoms with E-state index in [1.807, 2.05) is 55.5 Å². The van der Waals surface area contributed by atoms with E-state index >= 15 is 0 Å². The van der Waals surface area contributed by atoms with E-state index in [0.29, 0.717) is 23.7 Å². The highest BCUT2D eigenvalue weighted by molar-refractivity contribution is 7.80. The molecule has 7 nitrogen and oxygen atoms in total. The minimum atomic E-state index is -0.438. The summed E-state index contributed by atoms with van der Waals surface area (Å²) in [5, 5.41) is 2.47. The molecule has 0 aliphatic carbocycles. The molecule has 0 saturated carbocycles. The molecule has 3 N–H and O–H groups in total. The van der Waals surface area contributed by atoms with E-state index in [4.69, 9.17) is 21.7 Å². The van der Waals surface area contributed by atoms with Crippen LogP contribution in [-0.4, -0.2) is 30.1 Å². The minimum absolute atomic E-state index is 0.0348. The van der Waals surface area contributed by atoms with Gasteiger partial charge in [-0.3, -0.25) is 25.8 Å². The average molecular weight is 464 g/mol. The van der Waals surface area contributed by atoms with Crippen LogP contribution in [0.3, 0.4) is 0 Å². The summed E-state index contributed by atoms with van der Waals surface area (Å²) in [5.74, 6) is 0.445. The van der Waals surface area contributed by atoms with Crippen molar-refractivity contribution >= 4 is 29.1 Å². The van der Waals surface area contributed by atoms with Gasteiger partial charge in [0.2, 0.25) is 0 Å². The molecule has 170 valence electrons. The van der Waals surface area contributed by atoms with E-state index < -0.39 is 11.8 Å². The van der Waals surface area contributed by atoms with Crippen molar-refractivity contribution in [1.29, 1.82) is 0 Å². The molecule has 0 fully saturated rings.